The summed E-state index contributed by atoms with van der Waals surface area (Å²) >= 11 is 0. The van der Waals surface area contributed by atoms with Crippen molar-refractivity contribution in [1.82, 2.24) is 0 Å². The molecule has 2 N–H and O–H groups in total. The summed E-state index contributed by atoms with van der Waals surface area (Å²) in [6.45, 7) is 0.461. The highest BCUT2D eigenvalue weighted by Crippen LogP contribution is 2.19. The Morgan fingerprint density at radius 2 is 1.86 bits per heavy atom. The summed E-state index contributed by atoms with van der Waals surface area (Å²) in [5.41, 5.74) is 2.69. The van der Waals surface area contributed by atoms with E-state index in [4.69, 9.17) is 9.84 Å². The van der Waals surface area contributed by atoms with Gasteiger partial charge in [0.1, 0.15) is 12.4 Å². The van der Waals surface area contributed by atoms with Crippen molar-refractivity contribution in [1.29, 1.82) is 0 Å². The molecule has 3 heteroatoms. The molecule has 2 aromatic rings. The molecule has 0 radical (unpaired) electrons. The number of hydrogen-bond acceptors (Lipinski definition) is 3. The molecule has 0 saturated heterocycles. The Balaban J connectivity index is 2.03. The third-order valence-electron chi connectivity index (χ3n) is 2.93. The van der Waals surface area contributed by atoms with E-state index in [1.807, 2.05) is 48.5 Å². The lowest BCUT2D eigenvalue weighted by molar-refractivity contribution is 0.259. The number of hydrogen-bond donors (Lipinski definition) is 2. The van der Waals surface area contributed by atoms with Crippen molar-refractivity contribution in [2.24, 2.45) is 0 Å². The summed E-state index contributed by atoms with van der Waals surface area (Å²) in [6, 6.07) is 15.2. The molecule has 0 heterocycles. The first kappa shape index (κ1) is 15.1. The summed E-state index contributed by atoms with van der Waals surface area (Å²) in [5.74, 6) is 6.59. The molecule has 0 amide bonds. The van der Waals surface area contributed by atoms with Crippen molar-refractivity contribution in [2.45, 2.75) is 19.6 Å². The molecule has 3 nitrogen and oxygen atoms in total. The number of ether oxygens (including phenoxy) is 1. The molecular formula is C18H18O3. The minimum absolute atomic E-state index is 0.0388. The number of rotatable bonds is 5. The fourth-order valence-electron chi connectivity index (χ4n) is 1.90. The molecule has 2 rings (SSSR count). The maximum Gasteiger partial charge on any atom is 0.125 e. The Bertz CT molecular complexity index is 638. The molecule has 2 aromatic carbocycles. The lowest BCUT2D eigenvalue weighted by Crippen LogP contribution is -1.98. The Hall–Kier alpha value is -2.28. The summed E-state index contributed by atoms with van der Waals surface area (Å²) in [7, 11) is 0. The van der Waals surface area contributed by atoms with Crippen molar-refractivity contribution >= 4 is 0 Å². The van der Waals surface area contributed by atoms with E-state index in [-0.39, 0.29) is 13.2 Å². The molecule has 21 heavy (non-hydrogen) atoms. The SMILES string of the molecule is OCCC#Cc1cccc(COc2ccccc2CO)c1. The van der Waals surface area contributed by atoms with E-state index in [9.17, 15) is 5.11 Å². The van der Waals surface area contributed by atoms with Gasteiger partial charge >= 0.3 is 0 Å². The summed E-state index contributed by atoms with van der Waals surface area (Å²) in [5, 5.41) is 18.0. The highest BCUT2D eigenvalue weighted by atomic mass is 16.5. The zero-order valence-corrected chi connectivity index (χ0v) is 11.7. The van der Waals surface area contributed by atoms with Crippen LogP contribution in [0.4, 0.5) is 0 Å². The molecule has 0 saturated carbocycles. The van der Waals surface area contributed by atoms with E-state index in [1.165, 1.54) is 0 Å². The van der Waals surface area contributed by atoms with Gasteiger partial charge in [-0.25, -0.2) is 0 Å². The first-order valence-electron chi connectivity index (χ1n) is 6.83. The second-order valence-corrected chi connectivity index (χ2v) is 4.53. The maximum absolute atomic E-state index is 9.26. The third-order valence-corrected chi connectivity index (χ3v) is 2.93. The minimum Gasteiger partial charge on any atom is -0.489 e. The van der Waals surface area contributed by atoms with E-state index in [0.29, 0.717) is 18.8 Å². The molecule has 0 aliphatic carbocycles. The van der Waals surface area contributed by atoms with Crippen LogP contribution in [0.15, 0.2) is 48.5 Å². The molecule has 0 aliphatic rings. The third kappa shape index (κ3) is 4.64. The smallest absolute Gasteiger partial charge is 0.125 e. The van der Waals surface area contributed by atoms with Gasteiger partial charge in [-0.2, -0.15) is 0 Å². The highest BCUT2D eigenvalue weighted by molar-refractivity contribution is 5.37. The van der Waals surface area contributed by atoms with Crippen molar-refractivity contribution in [3.05, 3.63) is 65.2 Å². The first-order chi connectivity index (χ1) is 10.3. The molecule has 0 aliphatic heterocycles. The van der Waals surface area contributed by atoms with E-state index in [0.717, 1.165) is 16.7 Å². The van der Waals surface area contributed by atoms with Crippen molar-refractivity contribution < 1.29 is 14.9 Å². The summed E-state index contributed by atoms with van der Waals surface area (Å²) < 4.78 is 5.75. The highest BCUT2D eigenvalue weighted by Gasteiger charge is 2.02. The average molecular weight is 282 g/mol. The van der Waals surface area contributed by atoms with Crippen molar-refractivity contribution in [3.8, 4) is 17.6 Å². The van der Waals surface area contributed by atoms with Crippen LogP contribution in [0.2, 0.25) is 0 Å². The normalized spacial score (nSPS) is 9.81. The van der Waals surface area contributed by atoms with E-state index in [2.05, 4.69) is 11.8 Å². The van der Waals surface area contributed by atoms with Gasteiger partial charge in [-0.15, -0.1) is 0 Å². The van der Waals surface area contributed by atoms with Gasteiger partial charge in [-0.05, 0) is 23.8 Å². The Morgan fingerprint density at radius 1 is 1.00 bits per heavy atom. The molecule has 0 bridgehead atoms. The van der Waals surface area contributed by atoms with Crippen LogP contribution in [-0.2, 0) is 13.2 Å². The number of para-hydroxylation sites is 1. The second kappa shape index (κ2) is 8.11. The standard InChI is InChI=1S/C18H18O3/c19-11-4-3-6-15-7-5-8-16(12-15)14-21-18-10-2-1-9-17(18)13-20/h1-2,5,7-10,12,19-20H,4,11,13-14H2. The van der Waals surface area contributed by atoms with Crippen molar-refractivity contribution in [2.75, 3.05) is 6.61 Å². The lowest BCUT2D eigenvalue weighted by atomic mass is 10.1. The average Bonchev–Trinajstić information content (AvgIpc) is 2.54. The second-order valence-electron chi connectivity index (χ2n) is 4.53. The van der Waals surface area contributed by atoms with Gasteiger partial charge in [-0.1, -0.05) is 42.2 Å². The van der Waals surface area contributed by atoms with Crippen LogP contribution >= 0.6 is 0 Å². The Labute approximate surface area is 124 Å². The monoisotopic (exact) mass is 282 g/mol. The molecule has 0 spiro atoms. The number of aliphatic hydroxyl groups is 2. The van der Waals surface area contributed by atoms with Crippen LogP contribution < -0.4 is 4.74 Å². The Kier molecular flexibility index (Phi) is 5.83. The van der Waals surface area contributed by atoms with Gasteiger partial charge < -0.3 is 14.9 Å². The van der Waals surface area contributed by atoms with Gasteiger partial charge in [-0.3, -0.25) is 0 Å². The molecular weight excluding hydrogens is 264 g/mol. The largest absolute Gasteiger partial charge is 0.489 e. The number of aliphatic hydroxyl groups excluding tert-OH is 2. The van der Waals surface area contributed by atoms with Crippen LogP contribution in [0.5, 0.6) is 5.75 Å². The van der Waals surface area contributed by atoms with Crippen LogP contribution in [0.25, 0.3) is 0 Å². The topological polar surface area (TPSA) is 49.7 Å². The van der Waals surface area contributed by atoms with Crippen LogP contribution in [0, 0.1) is 11.8 Å². The molecule has 0 aromatic heterocycles. The quantitative estimate of drug-likeness (QED) is 0.828. The fourth-order valence-corrected chi connectivity index (χ4v) is 1.90. The predicted octanol–water partition coefficient (Wildman–Crippen LogP) is 2.49. The van der Waals surface area contributed by atoms with Crippen molar-refractivity contribution in [3.63, 3.8) is 0 Å². The van der Waals surface area contributed by atoms with Crippen LogP contribution in [0.3, 0.4) is 0 Å². The molecule has 0 fully saturated rings. The molecule has 108 valence electrons. The molecule has 0 unspecified atom stereocenters. The summed E-state index contributed by atoms with van der Waals surface area (Å²) in [4.78, 5) is 0. The zero-order valence-electron chi connectivity index (χ0n) is 11.7. The van der Waals surface area contributed by atoms with Gasteiger partial charge in [0.05, 0.1) is 13.2 Å². The summed E-state index contributed by atoms with van der Waals surface area (Å²) in [6.07, 6.45) is 0.477. The van der Waals surface area contributed by atoms with E-state index < -0.39 is 0 Å². The van der Waals surface area contributed by atoms with Gasteiger partial charge in [0, 0.05) is 17.5 Å². The van der Waals surface area contributed by atoms with Gasteiger partial charge in [0.15, 0.2) is 0 Å². The zero-order chi connectivity index (χ0) is 14.9. The lowest BCUT2D eigenvalue weighted by Gasteiger charge is -2.10. The van der Waals surface area contributed by atoms with Crippen LogP contribution in [0.1, 0.15) is 23.1 Å². The van der Waals surface area contributed by atoms with E-state index in [1.54, 1.807) is 0 Å². The van der Waals surface area contributed by atoms with Gasteiger partial charge in [0.25, 0.3) is 0 Å². The minimum atomic E-state index is -0.0388. The molecule has 0 atom stereocenters. The first-order valence-corrected chi connectivity index (χ1v) is 6.83. The fraction of sp³-hybridized carbons (Fsp3) is 0.222. The predicted molar refractivity (Wildman–Crippen MR) is 81.7 cm³/mol. The number of benzene rings is 2. The van der Waals surface area contributed by atoms with Gasteiger partial charge in [0.2, 0.25) is 0 Å². The Morgan fingerprint density at radius 3 is 2.67 bits per heavy atom. The maximum atomic E-state index is 9.26. The van der Waals surface area contributed by atoms with E-state index >= 15 is 0 Å². The van der Waals surface area contributed by atoms with Crippen LogP contribution in [-0.4, -0.2) is 16.8 Å².